The lowest BCUT2D eigenvalue weighted by Crippen LogP contribution is -2.11. The van der Waals surface area contributed by atoms with Crippen molar-refractivity contribution in [2.45, 2.75) is 25.9 Å². The molecule has 0 amide bonds. The van der Waals surface area contributed by atoms with Gasteiger partial charge in [0.2, 0.25) is 0 Å². The van der Waals surface area contributed by atoms with Crippen LogP contribution in [0.15, 0.2) is 18.5 Å². The van der Waals surface area contributed by atoms with Gasteiger partial charge in [-0.2, -0.15) is 16.9 Å². The largest absolute Gasteiger partial charge is 0.314 e. The van der Waals surface area contributed by atoms with Crippen molar-refractivity contribution in [3.05, 3.63) is 30.1 Å². The number of rotatable bonds is 3. The van der Waals surface area contributed by atoms with E-state index in [4.69, 9.17) is 0 Å². The highest BCUT2D eigenvalue weighted by atomic mass is 32.2. The fourth-order valence-electron chi connectivity index (χ4n) is 2.07. The lowest BCUT2D eigenvalue weighted by molar-refractivity contribution is 0.575. The summed E-state index contributed by atoms with van der Waals surface area (Å²) in [4.78, 5) is 0. The minimum absolute atomic E-state index is 0.873. The number of aromatic nitrogens is 5. The molecule has 0 saturated heterocycles. The Balaban J connectivity index is 1.73. The SMILES string of the molecule is c1cnn(CCc2nnc3n2CCSCC3)c1. The second kappa shape index (κ2) is 4.91. The Bertz CT molecular complexity index is 476. The average molecular weight is 249 g/mol. The van der Waals surface area contributed by atoms with Crippen LogP contribution in [0.4, 0.5) is 0 Å². The summed E-state index contributed by atoms with van der Waals surface area (Å²) in [6.07, 6.45) is 5.73. The highest BCUT2D eigenvalue weighted by molar-refractivity contribution is 7.99. The minimum Gasteiger partial charge on any atom is -0.314 e. The first-order chi connectivity index (χ1) is 8.43. The second-order valence-electron chi connectivity index (χ2n) is 4.07. The van der Waals surface area contributed by atoms with Gasteiger partial charge in [-0.15, -0.1) is 10.2 Å². The molecule has 3 heterocycles. The fourth-order valence-corrected chi connectivity index (χ4v) is 2.91. The smallest absolute Gasteiger partial charge is 0.134 e. The van der Waals surface area contributed by atoms with Crippen molar-refractivity contribution in [2.75, 3.05) is 11.5 Å². The molecule has 0 saturated carbocycles. The molecule has 1 aliphatic heterocycles. The molecule has 0 aliphatic carbocycles. The lowest BCUT2D eigenvalue weighted by Gasteiger charge is -2.06. The monoisotopic (exact) mass is 249 g/mol. The normalized spacial score (nSPS) is 15.5. The van der Waals surface area contributed by atoms with E-state index in [0.29, 0.717) is 0 Å². The van der Waals surface area contributed by atoms with E-state index < -0.39 is 0 Å². The fraction of sp³-hybridized carbons (Fsp3) is 0.545. The second-order valence-corrected chi connectivity index (χ2v) is 5.29. The lowest BCUT2D eigenvalue weighted by atomic mass is 10.3. The van der Waals surface area contributed by atoms with Crippen LogP contribution in [0.2, 0.25) is 0 Å². The van der Waals surface area contributed by atoms with Gasteiger partial charge in [0.1, 0.15) is 11.6 Å². The van der Waals surface area contributed by atoms with Crippen LogP contribution >= 0.6 is 11.8 Å². The molecule has 5 nitrogen and oxygen atoms in total. The number of nitrogens with zero attached hydrogens (tertiary/aromatic N) is 5. The van der Waals surface area contributed by atoms with Crippen LogP contribution in [0.25, 0.3) is 0 Å². The summed E-state index contributed by atoms with van der Waals surface area (Å²) in [5.74, 6) is 4.57. The minimum atomic E-state index is 0.873. The first-order valence-electron chi connectivity index (χ1n) is 5.89. The predicted octanol–water partition coefficient (Wildman–Crippen LogP) is 1.01. The summed E-state index contributed by atoms with van der Waals surface area (Å²) in [5, 5.41) is 12.8. The molecule has 0 spiro atoms. The van der Waals surface area contributed by atoms with Crippen LogP contribution in [0, 0.1) is 0 Å². The van der Waals surface area contributed by atoms with E-state index in [-0.39, 0.29) is 0 Å². The maximum Gasteiger partial charge on any atom is 0.134 e. The van der Waals surface area contributed by atoms with E-state index in [1.54, 1.807) is 6.20 Å². The summed E-state index contributed by atoms with van der Waals surface area (Å²) < 4.78 is 4.22. The van der Waals surface area contributed by atoms with Crippen LogP contribution in [-0.2, 0) is 25.9 Å². The molecule has 2 aromatic heterocycles. The Hall–Kier alpha value is -1.30. The first kappa shape index (κ1) is 10.8. The molecule has 1 aliphatic rings. The Morgan fingerprint density at radius 1 is 1.29 bits per heavy atom. The maximum absolute atomic E-state index is 4.30. The first-order valence-corrected chi connectivity index (χ1v) is 7.05. The Kier molecular flexibility index (Phi) is 3.13. The zero-order valence-corrected chi connectivity index (χ0v) is 10.4. The molecule has 2 aromatic rings. The molecule has 17 heavy (non-hydrogen) atoms. The van der Waals surface area contributed by atoms with Crippen molar-refractivity contribution >= 4 is 11.8 Å². The van der Waals surface area contributed by atoms with Gasteiger partial charge in [-0.25, -0.2) is 0 Å². The molecule has 0 radical (unpaired) electrons. The third-order valence-electron chi connectivity index (χ3n) is 2.96. The van der Waals surface area contributed by atoms with Crippen LogP contribution in [0.1, 0.15) is 11.6 Å². The van der Waals surface area contributed by atoms with E-state index in [2.05, 4.69) is 19.9 Å². The van der Waals surface area contributed by atoms with E-state index in [1.165, 1.54) is 5.75 Å². The van der Waals surface area contributed by atoms with Gasteiger partial charge >= 0.3 is 0 Å². The molecule has 0 aromatic carbocycles. The van der Waals surface area contributed by atoms with Gasteiger partial charge in [0, 0.05) is 49.8 Å². The van der Waals surface area contributed by atoms with Crippen molar-refractivity contribution < 1.29 is 0 Å². The molecule has 6 heteroatoms. The highest BCUT2D eigenvalue weighted by Gasteiger charge is 2.14. The van der Waals surface area contributed by atoms with E-state index >= 15 is 0 Å². The van der Waals surface area contributed by atoms with Gasteiger partial charge in [0.05, 0.1) is 0 Å². The molecule has 3 rings (SSSR count). The average Bonchev–Trinajstić information content (AvgIpc) is 2.92. The van der Waals surface area contributed by atoms with E-state index in [1.807, 2.05) is 28.7 Å². The Morgan fingerprint density at radius 3 is 3.18 bits per heavy atom. The highest BCUT2D eigenvalue weighted by Crippen LogP contribution is 2.14. The molecular formula is C11H15N5S. The topological polar surface area (TPSA) is 48.5 Å². The Morgan fingerprint density at radius 2 is 2.29 bits per heavy atom. The molecular weight excluding hydrogens is 234 g/mol. The zero-order chi connectivity index (χ0) is 11.5. The van der Waals surface area contributed by atoms with Gasteiger partial charge in [-0.1, -0.05) is 0 Å². The van der Waals surface area contributed by atoms with Crippen LogP contribution in [-0.4, -0.2) is 36.1 Å². The van der Waals surface area contributed by atoms with Crippen molar-refractivity contribution in [3.63, 3.8) is 0 Å². The van der Waals surface area contributed by atoms with Crippen LogP contribution in [0.5, 0.6) is 0 Å². The summed E-state index contributed by atoms with van der Waals surface area (Å²) in [6.45, 7) is 1.92. The molecule has 0 bridgehead atoms. The molecule has 0 unspecified atom stereocenters. The van der Waals surface area contributed by atoms with E-state index in [9.17, 15) is 0 Å². The summed E-state index contributed by atoms with van der Waals surface area (Å²) in [6, 6.07) is 1.95. The standard InChI is InChI=1S/C11H15N5S/c1-4-12-15(5-1)6-2-10-13-14-11-3-8-17-9-7-16(10)11/h1,4-5H,2-3,6-9H2. The van der Waals surface area contributed by atoms with Crippen molar-refractivity contribution in [1.29, 1.82) is 0 Å². The number of hydrogen-bond donors (Lipinski definition) is 0. The predicted molar refractivity (Wildman–Crippen MR) is 67.0 cm³/mol. The third-order valence-corrected chi connectivity index (χ3v) is 3.92. The summed E-state index contributed by atoms with van der Waals surface area (Å²) in [5.41, 5.74) is 0. The number of hydrogen-bond acceptors (Lipinski definition) is 4. The van der Waals surface area contributed by atoms with Gasteiger partial charge in [-0.3, -0.25) is 4.68 Å². The maximum atomic E-state index is 4.30. The van der Waals surface area contributed by atoms with Crippen LogP contribution in [0.3, 0.4) is 0 Å². The Labute approximate surface area is 104 Å². The zero-order valence-electron chi connectivity index (χ0n) is 9.62. The quantitative estimate of drug-likeness (QED) is 0.814. The van der Waals surface area contributed by atoms with Crippen molar-refractivity contribution in [3.8, 4) is 0 Å². The van der Waals surface area contributed by atoms with Crippen LogP contribution < -0.4 is 0 Å². The summed E-state index contributed by atoms with van der Waals surface area (Å²) in [7, 11) is 0. The van der Waals surface area contributed by atoms with Crippen molar-refractivity contribution in [2.24, 2.45) is 0 Å². The van der Waals surface area contributed by atoms with Gasteiger partial charge in [-0.05, 0) is 6.07 Å². The number of aryl methyl sites for hydroxylation is 3. The van der Waals surface area contributed by atoms with Crippen molar-refractivity contribution in [1.82, 2.24) is 24.5 Å². The van der Waals surface area contributed by atoms with Gasteiger partial charge < -0.3 is 4.57 Å². The molecule has 0 atom stereocenters. The van der Waals surface area contributed by atoms with Gasteiger partial charge in [0.15, 0.2) is 0 Å². The number of thioether (sulfide) groups is 1. The van der Waals surface area contributed by atoms with Gasteiger partial charge in [0.25, 0.3) is 0 Å². The third kappa shape index (κ3) is 2.36. The molecule has 0 N–H and O–H groups in total. The van der Waals surface area contributed by atoms with E-state index in [0.717, 1.165) is 43.3 Å². The summed E-state index contributed by atoms with van der Waals surface area (Å²) >= 11 is 2.00. The molecule has 0 fully saturated rings. The molecule has 90 valence electrons. The number of fused-ring (bicyclic) bond motifs is 1.